The molecular formula is C15H15ClN2OS. The Morgan fingerprint density at radius 3 is 2.10 bits per heavy atom. The highest BCUT2D eigenvalue weighted by atomic mass is 35.5. The third-order valence-corrected chi connectivity index (χ3v) is 3.14. The molecule has 2 aliphatic carbocycles. The Kier molecular flexibility index (Phi) is 4.47. The van der Waals surface area contributed by atoms with Gasteiger partial charge in [-0.05, 0) is 30.2 Å². The van der Waals surface area contributed by atoms with Gasteiger partial charge in [0.05, 0.1) is 23.5 Å². The zero-order valence-corrected chi connectivity index (χ0v) is 12.8. The van der Waals surface area contributed by atoms with Gasteiger partial charge in [-0.3, -0.25) is 0 Å². The number of rotatable bonds is 2. The lowest BCUT2D eigenvalue weighted by Gasteiger charge is -2.12. The smallest absolute Gasteiger partial charge is 0.165 e. The molecular weight excluding hydrogens is 292 g/mol. The van der Waals surface area contributed by atoms with Gasteiger partial charge in [0.1, 0.15) is 0 Å². The van der Waals surface area contributed by atoms with E-state index in [1.807, 2.05) is 0 Å². The lowest BCUT2D eigenvalue weighted by Crippen LogP contribution is -2.06. The Hall–Kier alpha value is -1.78. The van der Waals surface area contributed by atoms with Crippen LogP contribution in [0.3, 0.4) is 0 Å². The maximum absolute atomic E-state index is 5.84. The summed E-state index contributed by atoms with van der Waals surface area (Å²) in [6.45, 7) is 1.77. The third kappa shape index (κ3) is 3.21. The minimum absolute atomic E-state index is 0.485. The van der Waals surface area contributed by atoms with Gasteiger partial charge in [-0.15, -0.1) is 0 Å². The molecule has 0 aromatic heterocycles. The highest BCUT2D eigenvalue weighted by Gasteiger charge is 2.08. The fraction of sp³-hybridized carbons (Fsp3) is 0.133. The van der Waals surface area contributed by atoms with E-state index >= 15 is 0 Å². The molecule has 0 saturated carbocycles. The van der Waals surface area contributed by atoms with E-state index in [4.69, 9.17) is 34.3 Å². The van der Waals surface area contributed by atoms with Crippen molar-refractivity contribution in [3.8, 4) is 16.9 Å². The second-order valence-corrected chi connectivity index (χ2v) is 5.38. The highest BCUT2D eigenvalue weighted by Crippen LogP contribution is 2.34. The number of nitrogens with one attached hydrogen (secondary N) is 1. The minimum atomic E-state index is 0.485. The molecule has 20 heavy (non-hydrogen) atoms. The Morgan fingerprint density at radius 1 is 1.20 bits per heavy atom. The number of hydrogen-bond donors (Lipinski definition) is 2. The number of hydrogen-bond acceptors (Lipinski definition) is 3. The van der Waals surface area contributed by atoms with Crippen LogP contribution in [-0.4, -0.2) is 12.1 Å². The molecule has 0 atom stereocenters. The van der Waals surface area contributed by atoms with Crippen LogP contribution in [-0.2, 0) is 0 Å². The molecule has 3 rings (SSSR count). The molecule has 0 spiro atoms. The molecule has 5 heteroatoms. The second-order valence-electron chi connectivity index (χ2n) is 4.33. The first-order chi connectivity index (χ1) is 9.51. The predicted molar refractivity (Wildman–Crippen MR) is 89.7 cm³/mol. The Balaban J connectivity index is 0.000000198. The molecule has 0 amide bonds. The molecule has 1 aromatic rings. The van der Waals surface area contributed by atoms with Gasteiger partial charge < -0.3 is 15.8 Å². The van der Waals surface area contributed by atoms with E-state index in [1.54, 1.807) is 26.2 Å². The van der Waals surface area contributed by atoms with Gasteiger partial charge in [0.25, 0.3) is 0 Å². The quantitative estimate of drug-likeness (QED) is 0.545. The summed E-state index contributed by atoms with van der Waals surface area (Å²) in [6, 6.07) is 11.8. The van der Waals surface area contributed by atoms with Crippen LogP contribution >= 0.6 is 23.8 Å². The minimum Gasteiger partial charge on any atom is -0.492 e. The molecule has 0 bridgehead atoms. The van der Waals surface area contributed by atoms with Crippen LogP contribution in [0.5, 0.6) is 5.75 Å². The first-order valence-corrected chi connectivity index (χ1v) is 6.81. The molecule has 1 aromatic carbocycles. The zero-order valence-electron chi connectivity index (χ0n) is 11.2. The highest BCUT2D eigenvalue weighted by molar-refractivity contribution is 7.80. The molecule has 0 saturated heterocycles. The van der Waals surface area contributed by atoms with Gasteiger partial charge in [0, 0.05) is 5.02 Å². The topological polar surface area (TPSA) is 47.3 Å². The van der Waals surface area contributed by atoms with E-state index in [-0.39, 0.29) is 0 Å². The molecule has 0 heterocycles. The van der Waals surface area contributed by atoms with Crippen LogP contribution in [0, 0.1) is 0 Å². The van der Waals surface area contributed by atoms with Gasteiger partial charge in [0.15, 0.2) is 5.75 Å². The van der Waals surface area contributed by atoms with E-state index in [1.165, 1.54) is 11.1 Å². The number of nitrogen functional groups attached to an aromatic ring is 1. The maximum atomic E-state index is 5.84. The molecule has 3 N–H and O–H groups in total. The van der Waals surface area contributed by atoms with Crippen LogP contribution in [0.4, 0.5) is 11.4 Å². The number of ether oxygens (including phenoxy) is 1. The summed E-state index contributed by atoms with van der Waals surface area (Å²) in [5.74, 6) is 0.554. The van der Waals surface area contributed by atoms with Gasteiger partial charge in [-0.1, -0.05) is 48.1 Å². The van der Waals surface area contributed by atoms with Gasteiger partial charge in [-0.2, -0.15) is 0 Å². The van der Waals surface area contributed by atoms with E-state index in [0.29, 0.717) is 27.1 Å². The van der Waals surface area contributed by atoms with Crippen molar-refractivity contribution in [1.82, 2.24) is 0 Å². The molecule has 0 unspecified atom stereocenters. The average molecular weight is 307 g/mol. The van der Waals surface area contributed by atoms with Gasteiger partial charge >= 0.3 is 0 Å². The summed E-state index contributed by atoms with van der Waals surface area (Å²) in [6.07, 6.45) is 0. The van der Waals surface area contributed by atoms with Crippen molar-refractivity contribution in [2.75, 3.05) is 18.2 Å². The molecule has 0 fully saturated rings. The Morgan fingerprint density at radius 2 is 1.75 bits per heavy atom. The summed E-state index contributed by atoms with van der Waals surface area (Å²) < 4.78 is 5.13. The third-order valence-electron chi connectivity index (χ3n) is 2.82. The van der Waals surface area contributed by atoms with E-state index < -0.39 is 0 Å². The summed E-state index contributed by atoms with van der Waals surface area (Å²) in [5, 5.41) is 3.49. The van der Waals surface area contributed by atoms with Crippen molar-refractivity contribution < 1.29 is 4.74 Å². The first-order valence-electron chi connectivity index (χ1n) is 6.02. The van der Waals surface area contributed by atoms with E-state index in [2.05, 4.69) is 29.6 Å². The van der Waals surface area contributed by atoms with Crippen molar-refractivity contribution in [3.63, 3.8) is 0 Å². The van der Waals surface area contributed by atoms with Crippen LogP contribution in [0.25, 0.3) is 11.1 Å². The molecule has 104 valence electrons. The normalized spacial score (nSPS) is 10.2. The SMILES string of the molecule is COc1c(N)cc(Cl)cc1NC(C)=S.c1cc2ccc1-2. The van der Waals surface area contributed by atoms with Crippen molar-refractivity contribution in [3.05, 3.63) is 41.4 Å². The molecule has 3 nitrogen and oxygen atoms in total. The zero-order chi connectivity index (χ0) is 14.7. The largest absolute Gasteiger partial charge is 0.492 e. The van der Waals surface area contributed by atoms with Crippen molar-refractivity contribution in [2.24, 2.45) is 0 Å². The number of methoxy groups -OCH3 is 1. The summed E-state index contributed by atoms with van der Waals surface area (Å²) >= 11 is 10.8. The Labute approximate surface area is 128 Å². The van der Waals surface area contributed by atoms with Crippen molar-refractivity contribution in [1.29, 1.82) is 0 Å². The van der Waals surface area contributed by atoms with Gasteiger partial charge in [0.2, 0.25) is 0 Å². The summed E-state index contributed by atoms with van der Waals surface area (Å²) in [7, 11) is 1.55. The Bertz CT molecular complexity index is 620. The maximum Gasteiger partial charge on any atom is 0.165 e. The number of fused-ring (bicyclic) bond motifs is 1. The van der Waals surface area contributed by atoms with E-state index in [9.17, 15) is 0 Å². The molecule has 0 radical (unpaired) electrons. The fourth-order valence-corrected chi connectivity index (χ4v) is 2.12. The fourth-order valence-electron chi connectivity index (χ4n) is 1.79. The van der Waals surface area contributed by atoms with Crippen molar-refractivity contribution in [2.45, 2.75) is 6.92 Å². The van der Waals surface area contributed by atoms with Crippen LogP contribution in [0.15, 0.2) is 36.4 Å². The predicted octanol–water partition coefficient (Wildman–Crippen LogP) is 4.36. The standard InChI is InChI=1S/C9H11ClN2OS.C6H4/c1-5(14)12-8-4-6(10)3-7(11)9(8)13-2;1-2-6-4-3-5(1)6/h3-4H,11H2,1-2H3,(H,12,14);1-4H. The average Bonchev–Trinajstić information content (AvgIpc) is 2.33. The lowest BCUT2D eigenvalue weighted by molar-refractivity contribution is 0.419. The monoisotopic (exact) mass is 306 g/mol. The number of benzene rings is 2. The van der Waals surface area contributed by atoms with Crippen molar-refractivity contribution >= 4 is 40.2 Å². The van der Waals surface area contributed by atoms with Crippen LogP contribution < -0.4 is 15.8 Å². The molecule has 2 aliphatic rings. The van der Waals surface area contributed by atoms with Gasteiger partial charge in [-0.25, -0.2) is 0 Å². The van der Waals surface area contributed by atoms with Crippen LogP contribution in [0.1, 0.15) is 6.92 Å². The molecule has 0 aliphatic heterocycles. The number of anilines is 2. The summed E-state index contributed by atoms with van der Waals surface area (Å²) in [5.41, 5.74) is 9.74. The number of thiocarbonyl (C=S) groups is 1. The number of halogens is 1. The first kappa shape index (κ1) is 14.6. The van der Waals surface area contributed by atoms with E-state index in [0.717, 1.165) is 0 Å². The second kappa shape index (κ2) is 6.11. The summed E-state index contributed by atoms with van der Waals surface area (Å²) in [4.78, 5) is 0.630. The number of nitrogens with two attached hydrogens (primary N) is 1. The lowest BCUT2D eigenvalue weighted by atomic mass is 9.95. The van der Waals surface area contributed by atoms with Crippen LogP contribution in [0.2, 0.25) is 5.02 Å².